The highest BCUT2D eigenvalue weighted by Crippen LogP contribution is 2.34. The third kappa shape index (κ3) is 1.85. The number of hydrogen-bond donors (Lipinski definition) is 1. The maximum absolute atomic E-state index is 5.39. The lowest BCUT2D eigenvalue weighted by atomic mass is 10.0. The quantitative estimate of drug-likeness (QED) is 0.915. The Morgan fingerprint density at radius 3 is 2.50 bits per heavy atom. The van der Waals surface area contributed by atoms with E-state index in [0.717, 1.165) is 21.6 Å². The maximum atomic E-state index is 5.39. The van der Waals surface area contributed by atoms with E-state index < -0.39 is 0 Å². The molecule has 0 radical (unpaired) electrons. The predicted octanol–water partition coefficient (Wildman–Crippen LogP) is 3.46. The summed E-state index contributed by atoms with van der Waals surface area (Å²) in [6, 6.07) is 4.13. The zero-order chi connectivity index (χ0) is 11.7. The first kappa shape index (κ1) is 11.2. The van der Waals surface area contributed by atoms with Gasteiger partial charge >= 0.3 is 0 Å². The number of nitrogens with zero attached hydrogens (tertiary/aromatic N) is 1. The molecule has 1 heterocycles. The third-order valence-electron chi connectivity index (χ3n) is 2.66. The molecule has 0 bridgehead atoms. The summed E-state index contributed by atoms with van der Waals surface area (Å²) in [5.74, 6) is 0.843. The van der Waals surface area contributed by atoms with Crippen LogP contribution in [0, 0.1) is 13.8 Å². The molecule has 3 nitrogen and oxygen atoms in total. The summed E-state index contributed by atoms with van der Waals surface area (Å²) < 4.78 is 6.25. The number of hydrogen-bond acceptors (Lipinski definition) is 2. The average Bonchev–Trinajstić information content (AvgIpc) is 2.68. The van der Waals surface area contributed by atoms with Gasteiger partial charge in [-0.15, -0.1) is 0 Å². The number of benzene rings is 1. The number of aryl methyl sites for hydroxylation is 2. The van der Waals surface area contributed by atoms with Crippen LogP contribution in [0.4, 0.5) is 0 Å². The largest absolute Gasteiger partial charge is 0.496 e. The number of halogens is 1. The van der Waals surface area contributed by atoms with Gasteiger partial charge in [-0.2, -0.15) is 0 Å². The van der Waals surface area contributed by atoms with Crippen molar-refractivity contribution in [2.24, 2.45) is 0 Å². The van der Waals surface area contributed by atoms with E-state index in [1.54, 1.807) is 13.4 Å². The zero-order valence-corrected chi connectivity index (χ0v) is 11.1. The fourth-order valence-electron chi connectivity index (χ4n) is 1.61. The fraction of sp³-hybridized carbons (Fsp3) is 0.250. The van der Waals surface area contributed by atoms with Crippen LogP contribution in [0.25, 0.3) is 11.3 Å². The van der Waals surface area contributed by atoms with Gasteiger partial charge in [-0.05, 0) is 53.0 Å². The zero-order valence-electron chi connectivity index (χ0n) is 9.47. The first-order valence-corrected chi connectivity index (χ1v) is 5.77. The minimum absolute atomic E-state index is 0.843. The molecule has 2 rings (SSSR count). The summed E-state index contributed by atoms with van der Waals surface area (Å²) in [6.07, 6.45) is 1.66. The summed E-state index contributed by atoms with van der Waals surface area (Å²) in [6.45, 7) is 4.15. The number of H-pyrrole nitrogens is 1. The van der Waals surface area contributed by atoms with Crippen LogP contribution in [-0.4, -0.2) is 17.1 Å². The predicted molar refractivity (Wildman–Crippen MR) is 67.7 cm³/mol. The minimum Gasteiger partial charge on any atom is -0.496 e. The molecule has 2 aromatic rings. The van der Waals surface area contributed by atoms with Gasteiger partial charge in [-0.25, -0.2) is 4.98 Å². The lowest BCUT2D eigenvalue weighted by Gasteiger charge is -2.10. The van der Waals surface area contributed by atoms with Crippen molar-refractivity contribution in [2.75, 3.05) is 7.11 Å². The highest BCUT2D eigenvalue weighted by molar-refractivity contribution is 9.10. The summed E-state index contributed by atoms with van der Waals surface area (Å²) in [4.78, 5) is 7.29. The van der Waals surface area contributed by atoms with Crippen LogP contribution in [0.3, 0.4) is 0 Å². The Balaban J connectivity index is 2.64. The molecule has 0 aliphatic heterocycles. The second kappa shape index (κ2) is 4.29. The molecule has 84 valence electrons. The second-order valence-corrected chi connectivity index (χ2v) is 4.49. The van der Waals surface area contributed by atoms with Crippen LogP contribution >= 0.6 is 15.9 Å². The van der Waals surface area contributed by atoms with Crippen molar-refractivity contribution in [1.29, 1.82) is 0 Å². The van der Waals surface area contributed by atoms with E-state index in [1.807, 2.05) is 6.07 Å². The molecule has 1 aromatic heterocycles. The van der Waals surface area contributed by atoms with Crippen molar-refractivity contribution >= 4 is 15.9 Å². The maximum Gasteiger partial charge on any atom is 0.128 e. The molecule has 0 saturated carbocycles. The monoisotopic (exact) mass is 280 g/mol. The number of nitrogens with one attached hydrogen (secondary N) is 1. The molecule has 0 fully saturated rings. The number of methoxy groups -OCH3 is 1. The first-order valence-electron chi connectivity index (χ1n) is 4.98. The van der Waals surface area contributed by atoms with Gasteiger partial charge in [-0.3, -0.25) is 0 Å². The van der Waals surface area contributed by atoms with E-state index in [4.69, 9.17) is 4.74 Å². The Bertz CT molecular complexity index is 520. The van der Waals surface area contributed by atoms with Crippen molar-refractivity contribution < 1.29 is 4.74 Å². The number of aromatic nitrogens is 2. The second-order valence-electron chi connectivity index (χ2n) is 3.70. The van der Waals surface area contributed by atoms with Gasteiger partial charge in [0, 0.05) is 5.56 Å². The van der Waals surface area contributed by atoms with Gasteiger partial charge in [0.15, 0.2) is 0 Å². The Morgan fingerprint density at radius 1 is 1.25 bits per heavy atom. The SMILES string of the molecule is COc1cc(C)c(C)cc1-c1nc[nH]c1Br. The number of aromatic amines is 1. The molecule has 16 heavy (non-hydrogen) atoms. The van der Waals surface area contributed by atoms with Crippen molar-refractivity contribution in [3.8, 4) is 17.0 Å². The fourth-order valence-corrected chi connectivity index (χ4v) is 2.03. The van der Waals surface area contributed by atoms with Crippen molar-refractivity contribution in [1.82, 2.24) is 9.97 Å². The number of rotatable bonds is 2. The van der Waals surface area contributed by atoms with E-state index in [2.05, 4.69) is 45.8 Å². The molecule has 0 atom stereocenters. The lowest BCUT2D eigenvalue weighted by molar-refractivity contribution is 0.416. The Kier molecular flexibility index (Phi) is 3.01. The van der Waals surface area contributed by atoms with Gasteiger partial charge in [0.25, 0.3) is 0 Å². The molecule has 0 aliphatic rings. The Labute approximate surface area is 103 Å². The van der Waals surface area contributed by atoms with E-state index in [-0.39, 0.29) is 0 Å². The topological polar surface area (TPSA) is 37.9 Å². The summed E-state index contributed by atoms with van der Waals surface area (Å²) in [5.41, 5.74) is 4.32. The molecule has 0 spiro atoms. The molecule has 1 N–H and O–H groups in total. The summed E-state index contributed by atoms with van der Waals surface area (Å²) in [5, 5.41) is 0. The van der Waals surface area contributed by atoms with Crippen molar-refractivity contribution in [3.63, 3.8) is 0 Å². The smallest absolute Gasteiger partial charge is 0.128 e. The van der Waals surface area contributed by atoms with Crippen LogP contribution in [-0.2, 0) is 0 Å². The van der Waals surface area contributed by atoms with Gasteiger partial charge in [0.1, 0.15) is 16.0 Å². The van der Waals surface area contributed by atoms with Crippen LogP contribution in [0.15, 0.2) is 23.1 Å². The van der Waals surface area contributed by atoms with Crippen molar-refractivity contribution in [3.05, 3.63) is 34.2 Å². The molecule has 4 heteroatoms. The molecule has 1 aromatic carbocycles. The highest BCUT2D eigenvalue weighted by Gasteiger charge is 2.13. The molecular formula is C12H13BrN2O. The molecular weight excluding hydrogens is 268 g/mol. The summed E-state index contributed by atoms with van der Waals surface area (Å²) >= 11 is 3.44. The van der Waals surface area contributed by atoms with Crippen LogP contribution < -0.4 is 4.74 Å². The highest BCUT2D eigenvalue weighted by atomic mass is 79.9. The van der Waals surface area contributed by atoms with E-state index >= 15 is 0 Å². The molecule has 0 saturated heterocycles. The number of ether oxygens (including phenoxy) is 1. The van der Waals surface area contributed by atoms with Crippen LogP contribution in [0.5, 0.6) is 5.75 Å². The van der Waals surface area contributed by atoms with E-state index in [9.17, 15) is 0 Å². The normalized spacial score (nSPS) is 10.5. The molecule has 0 aliphatic carbocycles. The Morgan fingerprint density at radius 2 is 1.94 bits per heavy atom. The van der Waals surface area contributed by atoms with Crippen LogP contribution in [0.1, 0.15) is 11.1 Å². The minimum atomic E-state index is 0.843. The van der Waals surface area contributed by atoms with Crippen molar-refractivity contribution in [2.45, 2.75) is 13.8 Å². The van der Waals surface area contributed by atoms with Gasteiger partial charge in [0.2, 0.25) is 0 Å². The number of imidazole rings is 1. The standard InChI is InChI=1S/C12H13BrN2O/c1-7-4-9(10(16-3)5-8(7)2)11-12(13)15-6-14-11/h4-6H,1-3H3,(H,14,15). The first-order chi connectivity index (χ1) is 7.63. The van der Waals surface area contributed by atoms with Gasteiger partial charge < -0.3 is 9.72 Å². The average molecular weight is 281 g/mol. The van der Waals surface area contributed by atoms with E-state index in [1.165, 1.54) is 11.1 Å². The van der Waals surface area contributed by atoms with Gasteiger partial charge in [-0.1, -0.05) is 0 Å². The van der Waals surface area contributed by atoms with Gasteiger partial charge in [0.05, 0.1) is 13.4 Å². The lowest BCUT2D eigenvalue weighted by Crippen LogP contribution is -1.92. The summed E-state index contributed by atoms with van der Waals surface area (Å²) in [7, 11) is 1.67. The van der Waals surface area contributed by atoms with Crippen LogP contribution in [0.2, 0.25) is 0 Å². The molecule has 0 unspecified atom stereocenters. The third-order valence-corrected chi connectivity index (χ3v) is 3.27. The Hall–Kier alpha value is -1.29. The van der Waals surface area contributed by atoms with E-state index in [0.29, 0.717) is 0 Å². The molecule has 0 amide bonds.